The number of nitrogens with one attached hydrogen (secondary N) is 4. The number of anilines is 4. The van der Waals surface area contributed by atoms with Gasteiger partial charge in [-0.2, -0.15) is 20.5 Å². The molecule has 0 bridgehead atoms. The van der Waals surface area contributed by atoms with Gasteiger partial charge in [0.15, 0.2) is 11.6 Å². The summed E-state index contributed by atoms with van der Waals surface area (Å²) >= 11 is 31.0. The van der Waals surface area contributed by atoms with E-state index in [0.717, 1.165) is 25.0 Å². The van der Waals surface area contributed by atoms with E-state index in [1.807, 2.05) is 13.8 Å². The SMILES string of the molecule is CCOc1ccc(NC(=O)c2cc(N=NC(C(C)=O)C(=O)Nc3ccc(NC(=O)C(N=Nc4ccc(Cl)c(C(=O)Nc5ccc(OCC)c(CCCl)c5)c4)C(C)=O)c(CCl)c3)ccc2Cl)cc1CCCl. The van der Waals surface area contributed by atoms with Crippen LogP contribution in [0.15, 0.2) is 111 Å². The van der Waals surface area contributed by atoms with Gasteiger partial charge in [0.25, 0.3) is 23.6 Å². The van der Waals surface area contributed by atoms with Gasteiger partial charge in [-0.15, -0.1) is 34.8 Å². The number of ketones is 2. The number of hydrogen-bond acceptors (Lipinski definition) is 12. The van der Waals surface area contributed by atoms with E-state index in [1.54, 1.807) is 36.4 Å². The van der Waals surface area contributed by atoms with Gasteiger partial charge in [-0.05, 0) is 148 Å². The normalized spacial score (nSPS) is 12.0. The molecule has 0 saturated heterocycles. The van der Waals surface area contributed by atoms with Crippen molar-refractivity contribution in [2.45, 2.75) is 58.5 Å². The number of ether oxygens (including phenoxy) is 2. The van der Waals surface area contributed by atoms with Crippen LogP contribution in [0.1, 0.15) is 65.1 Å². The van der Waals surface area contributed by atoms with Gasteiger partial charge in [-0.3, -0.25) is 28.8 Å². The third kappa shape index (κ3) is 15.0. The highest BCUT2D eigenvalue weighted by Crippen LogP contribution is 2.30. The minimum Gasteiger partial charge on any atom is -0.494 e. The smallest absolute Gasteiger partial charge is 0.258 e. The molecule has 5 rings (SSSR count). The Morgan fingerprint density at radius 2 is 0.943 bits per heavy atom. The number of carbonyl (C=O) groups is 6. The lowest BCUT2D eigenvalue weighted by Gasteiger charge is -2.15. The van der Waals surface area contributed by atoms with Gasteiger partial charge in [0.1, 0.15) is 11.5 Å². The molecule has 5 aromatic carbocycles. The van der Waals surface area contributed by atoms with Crippen molar-refractivity contribution in [3.63, 3.8) is 0 Å². The second-order valence-electron chi connectivity index (χ2n) is 15.1. The number of alkyl halides is 3. The van der Waals surface area contributed by atoms with Gasteiger partial charge in [0.05, 0.1) is 45.8 Å². The van der Waals surface area contributed by atoms with E-state index in [1.165, 1.54) is 54.6 Å². The fraction of sp³-hybridized carbons (Fsp3) is 0.265. The topological polar surface area (TPSA) is 218 Å². The maximum absolute atomic E-state index is 13.5. The van der Waals surface area contributed by atoms with Gasteiger partial charge in [0, 0.05) is 40.4 Å². The monoisotopic (exact) mass is 1050 g/mol. The Hall–Kier alpha value is -6.43. The quantitative estimate of drug-likeness (QED) is 0.0279. The first kappa shape index (κ1) is 54.5. The van der Waals surface area contributed by atoms with E-state index < -0.39 is 47.3 Å². The Kier molecular flexibility index (Phi) is 20.7. The molecule has 0 fully saturated rings. The van der Waals surface area contributed by atoms with E-state index >= 15 is 0 Å². The lowest BCUT2D eigenvalue weighted by molar-refractivity contribution is -0.127. The van der Waals surface area contributed by atoms with Crippen LogP contribution in [0.3, 0.4) is 0 Å². The van der Waals surface area contributed by atoms with Crippen LogP contribution in [0.2, 0.25) is 10.0 Å². The van der Waals surface area contributed by atoms with Crippen LogP contribution in [-0.2, 0) is 37.9 Å². The summed E-state index contributed by atoms with van der Waals surface area (Å²) < 4.78 is 11.3. The van der Waals surface area contributed by atoms with Gasteiger partial charge in [0.2, 0.25) is 12.1 Å². The second kappa shape index (κ2) is 26.5. The zero-order valence-corrected chi connectivity index (χ0v) is 42.0. The number of hydrogen-bond donors (Lipinski definition) is 4. The van der Waals surface area contributed by atoms with Crippen LogP contribution in [0, 0.1) is 0 Å². The summed E-state index contributed by atoms with van der Waals surface area (Å²) in [4.78, 5) is 78.8. The number of nitrogens with zero attached hydrogens (tertiary/aromatic N) is 4. The molecular formula is C49H47Cl5N8O8. The molecule has 16 nitrogen and oxygen atoms in total. The summed E-state index contributed by atoms with van der Waals surface area (Å²) in [5, 5.41) is 27.2. The standard InChI is InChI=1S/C49H47Cl5N8O8/c1-5-69-42-15-10-33(21-29(42)17-19-50)55-46(65)37-24-35(7-12-39(37)53)59-61-44(27(3)63)48(67)57-32-9-14-41(31(23-32)26-52)58-49(68)45(28(4)64)62-60-36-8-13-40(54)38(25-36)47(66)56-34-11-16-43(70-6-2)30(22-34)18-20-51/h7-16,21-25,44-45H,5-6,17-20,26H2,1-4H3,(H,55,65)(H,56,66)(H,57,67)(H,58,68). The number of carbonyl (C=O) groups excluding carboxylic acids is 6. The zero-order chi connectivity index (χ0) is 50.9. The summed E-state index contributed by atoms with van der Waals surface area (Å²) in [5.41, 5.74) is 3.68. The molecule has 366 valence electrons. The van der Waals surface area contributed by atoms with E-state index in [9.17, 15) is 28.8 Å². The van der Waals surface area contributed by atoms with Crippen LogP contribution >= 0.6 is 58.0 Å². The molecule has 2 atom stereocenters. The van der Waals surface area contributed by atoms with Crippen molar-refractivity contribution in [1.29, 1.82) is 0 Å². The van der Waals surface area contributed by atoms with E-state index in [0.29, 0.717) is 66.3 Å². The highest BCUT2D eigenvalue weighted by molar-refractivity contribution is 6.35. The Morgan fingerprint density at radius 3 is 1.36 bits per heavy atom. The minimum atomic E-state index is -1.61. The Balaban J connectivity index is 1.25. The molecule has 0 spiro atoms. The predicted molar refractivity (Wildman–Crippen MR) is 274 cm³/mol. The molecule has 0 heterocycles. The zero-order valence-electron chi connectivity index (χ0n) is 38.2. The number of rotatable bonds is 23. The number of aryl methyl sites for hydroxylation is 2. The third-order valence-corrected chi connectivity index (χ3v) is 11.3. The fourth-order valence-corrected chi connectivity index (χ4v) is 7.63. The summed E-state index contributed by atoms with van der Waals surface area (Å²) in [6.45, 7) is 6.97. The summed E-state index contributed by atoms with van der Waals surface area (Å²) in [6, 6.07) is 20.0. The molecule has 4 N–H and O–H groups in total. The number of halogens is 5. The molecular weight excluding hydrogens is 1010 g/mol. The van der Waals surface area contributed by atoms with Crippen LogP contribution in [0.5, 0.6) is 11.5 Å². The first-order valence-corrected chi connectivity index (χ1v) is 23.9. The molecule has 2 unspecified atom stereocenters. The van der Waals surface area contributed by atoms with Crippen molar-refractivity contribution in [3.05, 3.63) is 129 Å². The lowest BCUT2D eigenvalue weighted by atomic mass is 10.1. The van der Waals surface area contributed by atoms with Crippen LogP contribution in [0.4, 0.5) is 34.1 Å². The van der Waals surface area contributed by atoms with E-state index in [4.69, 9.17) is 67.5 Å². The molecule has 5 aromatic rings. The minimum absolute atomic E-state index is 0.0578. The predicted octanol–water partition coefficient (Wildman–Crippen LogP) is 12.0. The largest absolute Gasteiger partial charge is 0.494 e. The molecule has 0 saturated carbocycles. The lowest BCUT2D eigenvalue weighted by Crippen LogP contribution is -2.32. The molecule has 0 aliphatic heterocycles. The van der Waals surface area contributed by atoms with Crippen molar-refractivity contribution in [2.24, 2.45) is 20.5 Å². The second-order valence-corrected chi connectivity index (χ2v) is 16.9. The van der Waals surface area contributed by atoms with Crippen molar-refractivity contribution in [1.82, 2.24) is 0 Å². The van der Waals surface area contributed by atoms with Gasteiger partial charge < -0.3 is 30.7 Å². The average Bonchev–Trinajstić information content (AvgIpc) is 3.32. The highest BCUT2D eigenvalue weighted by Gasteiger charge is 2.26. The Bertz CT molecular complexity index is 2830. The van der Waals surface area contributed by atoms with E-state index in [2.05, 4.69) is 41.7 Å². The fourth-order valence-electron chi connectivity index (χ4n) is 6.60. The van der Waals surface area contributed by atoms with Gasteiger partial charge >= 0.3 is 0 Å². The number of Topliss-reactive ketones (excluding diaryl/α,β-unsaturated/α-hetero) is 2. The van der Waals surface area contributed by atoms with Crippen molar-refractivity contribution < 1.29 is 38.2 Å². The summed E-state index contributed by atoms with van der Waals surface area (Å²) in [5.74, 6) is -2.20. The van der Waals surface area contributed by atoms with Gasteiger partial charge in [-0.1, -0.05) is 23.2 Å². The Labute approximate surface area is 428 Å². The molecule has 0 aromatic heterocycles. The molecule has 70 heavy (non-hydrogen) atoms. The van der Waals surface area contributed by atoms with E-state index in [-0.39, 0.29) is 49.8 Å². The molecule has 4 amide bonds. The molecule has 0 aliphatic carbocycles. The Morgan fingerprint density at radius 1 is 0.529 bits per heavy atom. The third-order valence-electron chi connectivity index (χ3n) is 9.97. The number of azo groups is 2. The summed E-state index contributed by atoms with van der Waals surface area (Å²) in [7, 11) is 0. The number of amides is 4. The van der Waals surface area contributed by atoms with Crippen LogP contribution in [-0.4, -0.2) is 72.3 Å². The first-order valence-electron chi connectivity index (χ1n) is 21.6. The van der Waals surface area contributed by atoms with Crippen molar-refractivity contribution >= 4 is 127 Å². The van der Waals surface area contributed by atoms with Crippen molar-refractivity contribution in [2.75, 3.05) is 46.2 Å². The van der Waals surface area contributed by atoms with Crippen LogP contribution < -0.4 is 30.7 Å². The van der Waals surface area contributed by atoms with Gasteiger partial charge in [-0.25, -0.2) is 0 Å². The molecule has 0 radical (unpaired) electrons. The molecule has 0 aliphatic rings. The maximum atomic E-state index is 13.5. The van der Waals surface area contributed by atoms with Crippen LogP contribution in [0.25, 0.3) is 0 Å². The number of benzene rings is 5. The highest BCUT2D eigenvalue weighted by atomic mass is 35.5. The average molecular weight is 1050 g/mol. The summed E-state index contributed by atoms with van der Waals surface area (Å²) in [6.07, 6.45) is 1.03. The first-order chi connectivity index (χ1) is 33.6. The molecule has 21 heteroatoms. The maximum Gasteiger partial charge on any atom is 0.258 e. The van der Waals surface area contributed by atoms with Crippen molar-refractivity contribution in [3.8, 4) is 11.5 Å².